The predicted molar refractivity (Wildman–Crippen MR) is 87.6 cm³/mol. The summed E-state index contributed by atoms with van der Waals surface area (Å²) in [5, 5.41) is 2.47. The number of aryl methyl sites for hydroxylation is 1. The largest absolute Gasteiger partial charge is 0.247 e. The molecule has 0 fully saturated rings. The molecule has 0 aliphatic rings. The second-order valence-corrected chi connectivity index (χ2v) is 4.92. The molecule has 1 heterocycles. The topological polar surface area (TPSA) is 3.88 Å². The van der Waals surface area contributed by atoms with Gasteiger partial charge < -0.3 is 0 Å². The van der Waals surface area contributed by atoms with Crippen LogP contribution in [0.15, 0.2) is 60.8 Å². The van der Waals surface area contributed by atoms with Gasteiger partial charge in [-0.15, -0.1) is 6.07 Å². The number of nitrogens with zero attached hydrogens (tertiary/aromatic N) is 1. The summed E-state index contributed by atoms with van der Waals surface area (Å²) in [6.07, 6.45) is 5.61. The van der Waals surface area contributed by atoms with E-state index in [0.29, 0.717) is 0 Å². The summed E-state index contributed by atoms with van der Waals surface area (Å²) in [7, 11) is 2.05. The Balaban J connectivity index is 0.00000121. The third-order valence-corrected chi connectivity index (χ3v) is 3.43. The molecule has 1 nitrogen and oxygen atoms in total. The SMILES string of the molecule is CC(=[C-]c1cc2ccccc2c[n+]1C)c1[c-]cccc1.[B].[Y]. The van der Waals surface area contributed by atoms with Gasteiger partial charge in [-0.1, -0.05) is 36.6 Å². The van der Waals surface area contributed by atoms with Gasteiger partial charge in [-0.05, 0) is 6.07 Å². The second-order valence-electron chi connectivity index (χ2n) is 4.92. The summed E-state index contributed by atoms with van der Waals surface area (Å²) < 4.78 is 2.11. The van der Waals surface area contributed by atoms with Crippen LogP contribution in [0.2, 0.25) is 0 Å². The smallest absolute Gasteiger partial charge is 0.173 e. The van der Waals surface area contributed by atoms with Gasteiger partial charge >= 0.3 is 0 Å². The number of benzene rings is 2. The molecule has 104 valence electrons. The molecule has 0 unspecified atom stereocenters. The molecule has 0 amide bonds. The van der Waals surface area contributed by atoms with Crippen molar-refractivity contribution in [2.75, 3.05) is 0 Å². The summed E-state index contributed by atoms with van der Waals surface area (Å²) >= 11 is 0. The Hall–Kier alpha value is -1.24. The molecule has 0 saturated heterocycles. The first-order valence-electron chi connectivity index (χ1n) is 6.70. The van der Waals surface area contributed by atoms with Crippen molar-refractivity contribution < 1.29 is 37.3 Å². The predicted octanol–water partition coefficient (Wildman–Crippen LogP) is 3.34. The third-order valence-electron chi connectivity index (χ3n) is 3.43. The zero-order valence-corrected chi connectivity index (χ0v) is 15.7. The Kier molecular flexibility index (Phi) is 7.19. The zero-order chi connectivity index (χ0) is 13.9. The Bertz CT molecular complexity index is 782. The van der Waals surface area contributed by atoms with Crippen LogP contribution in [0, 0.1) is 12.1 Å². The van der Waals surface area contributed by atoms with Crippen LogP contribution < -0.4 is 4.57 Å². The van der Waals surface area contributed by atoms with Crippen molar-refractivity contribution in [1.82, 2.24) is 0 Å². The van der Waals surface area contributed by atoms with Crippen molar-refractivity contribution in [3.63, 3.8) is 0 Å². The summed E-state index contributed by atoms with van der Waals surface area (Å²) in [4.78, 5) is 0. The van der Waals surface area contributed by atoms with E-state index in [-0.39, 0.29) is 41.1 Å². The molecular formula is C19H16BNY-. The van der Waals surface area contributed by atoms with Crippen molar-refractivity contribution in [2.24, 2.45) is 7.05 Å². The normalized spacial score (nSPS) is 10.7. The first kappa shape index (κ1) is 18.8. The molecule has 3 heteroatoms. The molecule has 2 aromatic carbocycles. The minimum absolute atomic E-state index is 0. The Labute approximate surface area is 159 Å². The monoisotopic (exact) mass is 358 g/mol. The van der Waals surface area contributed by atoms with E-state index in [0.717, 1.165) is 16.8 Å². The first-order valence-corrected chi connectivity index (χ1v) is 6.70. The summed E-state index contributed by atoms with van der Waals surface area (Å²) in [5.74, 6) is 0. The first-order chi connectivity index (χ1) is 9.74. The van der Waals surface area contributed by atoms with Crippen LogP contribution >= 0.6 is 0 Å². The van der Waals surface area contributed by atoms with Gasteiger partial charge in [-0.25, -0.2) is 21.8 Å². The van der Waals surface area contributed by atoms with Gasteiger partial charge in [0.05, 0.1) is 5.69 Å². The third kappa shape index (κ3) is 4.15. The van der Waals surface area contributed by atoms with Crippen LogP contribution in [-0.2, 0) is 39.8 Å². The maximum atomic E-state index is 3.47. The molecular weight excluding hydrogens is 342 g/mol. The van der Waals surface area contributed by atoms with Crippen LogP contribution in [0.1, 0.15) is 18.2 Å². The number of pyridine rings is 1. The fraction of sp³-hybridized carbons (Fsp3) is 0.105. The molecule has 3 rings (SSSR count). The number of rotatable bonds is 2. The summed E-state index contributed by atoms with van der Waals surface area (Å²) in [6.45, 7) is 2.07. The molecule has 3 aromatic rings. The Morgan fingerprint density at radius 2 is 1.73 bits per heavy atom. The second kappa shape index (κ2) is 8.41. The van der Waals surface area contributed by atoms with E-state index in [1.54, 1.807) is 0 Å². The van der Waals surface area contributed by atoms with Crippen molar-refractivity contribution in [2.45, 2.75) is 6.92 Å². The van der Waals surface area contributed by atoms with Crippen LogP contribution in [0.4, 0.5) is 0 Å². The van der Waals surface area contributed by atoms with Crippen molar-refractivity contribution >= 4 is 24.8 Å². The van der Waals surface area contributed by atoms with Crippen LogP contribution in [0.25, 0.3) is 16.3 Å². The van der Waals surface area contributed by atoms with Gasteiger partial charge in [0.1, 0.15) is 7.05 Å². The molecule has 0 aliphatic heterocycles. The Morgan fingerprint density at radius 3 is 2.41 bits per heavy atom. The summed E-state index contributed by atoms with van der Waals surface area (Å²) in [6, 6.07) is 21.8. The van der Waals surface area contributed by atoms with E-state index < -0.39 is 0 Å². The Morgan fingerprint density at radius 1 is 1.05 bits per heavy atom. The average Bonchev–Trinajstić information content (AvgIpc) is 2.49. The van der Waals surface area contributed by atoms with Crippen LogP contribution in [-0.4, -0.2) is 8.41 Å². The maximum absolute atomic E-state index is 3.47. The number of allylic oxidation sites excluding steroid dienone is 1. The summed E-state index contributed by atoms with van der Waals surface area (Å²) in [5.41, 5.74) is 3.25. The van der Waals surface area contributed by atoms with Gasteiger partial charge in [0, 0.05) is 46.5 Å². The molecule has 0 bridgehead atoms. The molecule has 22 heavy (non-hydrogen) atoms. The van der Waals surface area contributed by atoms with E-state index in [4.69, 9.17) is 0 Å². The van der Waals surface area contributed by atoms with E-state index in [1.165, 1.54) is 10.8 Å². The minimum atomic E-state index is 0. The van der Waals surface area contributed by atoms with E-state index in [2.05, 4.69) is 73.3 Å². The van der Waals surface area contributed by atoms with Gasteiger partial charge in [0.15, 0.2) is 6.20 Å². The molecule has 0 atom stereocenters. The molecule has 0 saturated carbocycles. The fourth-order valence-electron chi connectivity index (χ4n) is 2.30. The van der Waals surface area contributed by atoms with Gasteiger partial charge in [-0.3, -0.25) is 0 Å². The molecule has 0 spiro atoms. The van der Waals surface area contributed by atoms with E-state index >= 15 is 0 Å². The van der Waals surface area contributed by atoms with E-state index in [9.17, 15) is 0 Å². The van der Waals surface area contributed by atoms with Crippen molar-refractivity contribution in [3.8, 4) is 0 Å². The van der Waals surface area contributed by atoms with E-state index in [1.807, 2.05) is 18.2 Å². The van der Waals surface area contributed by atoms with Crippen molar-refractivity contribution in [3.05, 3.63) is 84.2 Å². The van der Waals surface area contributed by atoms with Gasteiger partial charge in [0.2, 0.25) is 0 Å². The maximum Gasteiger partial charge on any atom is 0.173 e. The molecule has 4 radical (unpaired) electrons. The standard InChI is InChI=1S/C19H16N.B.Y/c1-15(16-8-4-3-5-9-16)12-19-13-17-10-6-7-11-18(17)14-20(19)2;;/h3-8,10-11,13-14H,1-2H3;;/q-1;;. The molecule has 0 N–H and O–H groups in total. The van der Waals surface area contributed by atoms with Crippen LogP contribution in [0.5, 0.6) is 0 Å². The van der Waals surface area contributed by atoms with Gasteiger partial charge in [0.25, 0.3) is 0 Å². The zero-order valence-electron chi connectivity index (χ0n) is 12.9. The molecule has 0 aliphatic carbocycles. The number of aromatic nitrogens is 1. The fourth-order valence-corrected chi connectivity index (χ4v) is 2.30. The van der Waals surface area contributed by atoms with Gasteiger partial charge in [-0.2, -0.15) is 24.3 Å². The van der Waals surface area contributed by atoms with Crippen molar-refractivity contribution in [1.29, 1.82) is 0 Å². The van der Waals surface area contributed by atoms with Crippen LogP contribution in [0.3, 0.4) is 0 Å². The minimum Gasteiger partial charge on any atom is -0.247 e. The number of fused-ring (bicyclic) bond motifs is 1. The quantitative estimate of drug-likeness (QED) is 0.376. The number of hydrogen-bond acceptors (Lipinski definition) is 0. The average molecular weight is 358 g/mol. The molecule has 1 aromatic heterocycles. The number of hydrogen-bond donors (Lipinski definition) is 0.